The number of ketones is 1. The predicted octanol–water partition coefficient (Wildman–Crippen LogP) is 3.97. The van der Waals surface area contributed by atoms with Crippen molar-refractivity contribution >= 4 is 11.8 Å². The molecule has 0 aliphatic rings. The molecule has 1 unspecified atom stereocenters. The summed E-state index contributed by atoms with van der Waals surface area (Å²) in [6.45, 7) is 0. The lowest BCUT2D eigenvalue weighted by molar-refractivity contribution is -0.140. The Morgan fingerprint density at radius 3 is 1.96 bits per heavy atom. The molecule has 24 heavy (non-hydrogen) atoms. The van der Waals surface area contributed by atoms with Crippen LogP contribution in [0.5, 0.6) is 0 Å². The van der Waals surface area contributed by atoms with Gasteiger partial charge in [0, 0.05) is 5.56 Å². The number of carboxylic acid groups (broad SMARTS) is 1. The van der Waals surface area contributed by atoms with E-state index in [0.717, 1.165) is 36.4 Å². The molecule has 0 aliphatic carbocycles. The Kier molecular flexibility index (Phi) is 5.02. The van der Waals surface area contributed by atoms with Crippen molar-refractivity contribution in [3.8, 4) is 0 Å². The first-order chi connectivity index (χ1) is 11.2. The van der Waals surface area contributed by atoms with Crippen LogP contribution < -0.4 is 0 Å². The Morgan fingerprint density at radius 2 is 1.50 bits per heavy atom. The molecule has 0 aromatic heterocycles. The summed E-state index contributed by atoms with van der Waals surface area (Å²) >= 11 is 0. The monoisotopic (exact) mass is 340 g/mol. The number of carbonyl (C=O) groups is 2. The molecule has 0 radical (unpaired) electrons. The number of Topliss-reactive ketones (excluding diaryl/α,β-unsaturated/α-hetero) is 1. The lowest BCUT2D eigenvalue weighted by atomic mass is 9.91. The van der Waals surface area contributed by atoms with Gasteiger partial charge in [-0.1, -0.05) is 24.3 Å². The zero-order valence-electron chi connectivity index (χ0n) is 12.2. The summed E-state index contributed by atoms with van der Waals surface area (Å²) in [4.78, 5) is 23.6. The third-order valence-electron chi connectivity index (χ3n) is 3.46. The molecule has 0 saturated heterocycles. The molecule has 2 aromatic carbocycles. The van der Waals surface area contributed by atoms with Gasteiger partial charge in [0.25, 0.3) is 0 Å². The van der Waals surface area contributed by atoms with Crippen molar-refractivity contribution < 1.29 is 32.3 Å². The molecule has 7 heteroatoms. The van der Waals surface area contributed by atoms with Crippen molar-refractivity contribution in [1.82, 2.24) is 0 Å². The van der Waals surface area contributed by atoms with E-state index in [-0.39, 0.29) is 12.0 Å². The van der Waals surface area contributed by atoms with E-state index in [2.05, 4.69) is 0 Å². The Morgan fingerprint density at radius 1 is 0.958 bits per heavy atom. The number of halogens is 4. The fraction of sp³-hybridized carbons (Fsp3) is 0.176. The van der Waals surface area contributed by atoms with Crippen LogP contribution >= 0.6 is 0 Å². The molecule has 0 bridgehead atoms. The predicted molar refractivity (Wildman–Crippen MR) is 77.0 cm³/mol. The van der Waals surface area contributed by atoms with Crippen LogP contribution in [0.4, 0.5) is 17.6 Å². The average molecular weight is 340 g/mol. The minimum atomic E-state index is -4.54. The lowest BCUT2D eigenvalue weighted by Gasteiger charge is -2.12. The lowest BCUT2D eigenvalue weighted by Crippen LogP contribution is -2.26. The van der Waals surface area contributed by atoms with Crippen LogP contribution in [0.15, 0.2) is 48.5 Å². The molecule has 0 amide bonds. The van der Waals surface area contributed by atoms with Crippen LogP contribution in [0.25, 0.3) is 0 Å². The number of benzene rings is 2. The van der Waals surface area contributed by atoms with Gasteiger partial charge in [0.2, 0.25) is 0 Å². The topological polar surface area (TPSA) is 54.4 Å². The van der Waals surface area contributed by atoms with Gasteiger partial charge in [-0.05, 0) is 36.2 Å². The molecule has 2 aromatic rings. The maximum atomic E-state index is 12.9. The normalized spacial score (nSPS) is 12.7. The number of carboxylic acids is 1. The van der Waals surface area contributed by atoms with Crippen LogP contribution in [-0.4, -0.2) is 16.9 Å². The van der Waals surface area contributed by atoms with Gasteiger partial charge in [-0.25, -0.2) is 4.39 Å². The summed E-state index contributed by atoms with van der Waals surface area (Å²) in [7, 11) is 0. The van der Waals surface area contributed by atoms with E-state index in [9.17, 15) is 32.3 Å². The summed E-state index contributed by atoms with van der Waals surface area (Å²) in [5.74, 6) is -4.17. The number of hydrogen-bond acceptors (Lipinski definition) is 2. The smallest absolute Gasteiger partial charge is 0.416 e. The second-order valence-corrected chi connectivity index (χ2v) is 5.16. The third-order valence-corrected chi connectivity index (χ3v) is 3.46. The molecule has 126 valence electrons. The van der Waals surface area contributed by atoms with Crippen LogP contribution in [0.3, 0.4) is 0 Å². The Bertz CT molecular complexity index is 734. The van der Waals surface area contributed by atoms with Crippen molar-refractivity contribution in [2.24, 2.45) is 5.92 Å². The molecule has 1 atom stereocenters. The number of aliphatic carboxylic acids is 1. The maximum absolute atomic E-state index is 12.9. The van der Waals surface area contributed by atoms with Crippen molar-refractivity contribution in [1.29, 1.82) is 0 Å². The fourth-order valence-corrected chi connectivity index (χ4v) is 2.17. The standard InChI is InChI=1S/C17H12F4O3/c18-13-7-1-10(2-8-13)9-14(16(23)24)15(22)11-3-5-12(6-4-11)17(19,20)21/h1-8,14H,9H2,(H,23,24). The maximum Gasteiger partial charge on any atom is 0.416 e. The summed E-state index contributed by atoms with van der Waals surface area (Å²) < 4.78 is 50.4. The van der Waals surface area contributed by atoms with Crippen LogP contribution in [0.2, 0.25) is 0 Å². The van der Waals surface area contributed by atoms with Crippen LogP contribution in [-0.2, 0) is 17.4 Å². The first kappa shape index (κ1) is 17.7. The molecule has 0 saturated carbocycles. The summed E-state index contributed by atoms with van der Waals surface area (Å²) in [6.07, 6.45) is -4.72. The number of hydrogen-bond donors (Lipinski definition) is 1. The molecular formula is C17H12F4O3. The van der Waals surface area contributed by atoms with Gasteiger partial charge in [-0.3, -0.25) is 9.59 Å². The Labute approximate surface area is 134 Å². The molecule has 3 nitrogen and oxygen atoms in total. The molecule has 0 aliphatic heterocycles. The van der Waals surface area contributed by atoms with Crippen LogP contribution in [0, 0.1) is 11.7 Å². The average Bonchev–Trinajstić information content (AvgIpc) is 2.52. The van der Waals surface area contributed by atoms with E-state index in [1.54, 1.807) is 0 Å². The van der Waals surface area contributed by atoms with Gasteiger partial charge >= 0.3 is 12.1 Å². The van der Waals surface area contributed by atoms with E-state index in [4.69, 9.17) is 0 Å². The highest BCUT2D eigenvalue weighted by Crippen LogP contribution is 2.29. The van der Waals surface area contributed by atoms with Crippen molar-refractivity contribution in [2.45, 2.75) is 12.6 Å². The number of alkyl halides is 3. The third kappa shape index (κ3) is 4.18. The summed E-state index contributed by atoms with van der Waals surface area (Å²) in [6, 6.07) is 8.33. The Hall–Kier alpha value is -2.70. The zero-order valence-corrected chi connectivity index (χ0v) is 12.2. The van der Waals surface area contributed by atoms with E-state index in [1.807, 2.05) is 0 Å². The first-order valence-electron chi connectivity index (χ1n) is 6.87. The minimum absolute atomic E-state index is 0.127. The second kappa shape index (κ2) is 6.82. The van der Waals surface area contributed by atoms with Crippen molar-refractivity contribution in [2.75, 3.05) is 0 Å². The van der Waals surface area contributed by atoms with E-state index >= 15 is 0 Å². The minimum Gasteiger partial charge on any atom is -0.481 e. The number of rotatable bonds is 5. The fourth-order valence-electron chi connectivity index (χ4n) is 2.17. The molecule has 0 spiro atoms. The SMILES string of the molecule is O=C(O)C(Cc1ccc(F)cc1)C(=O)c1ccc(C(F)(F)F)cc1. The van der Waals surface area contributed by atoms with E-state index in [0.29, 0.717) is 5.56 Å². The largest absolute Gasteiger partial charge is 0.481 e. The summed E-state index contributed by atoms with van der Waals surface area (Å²) in [5, 5.41) is 9.23. The Balaban J connectivity index is 2.23. The zero-order chi connectivity index (χ0) is 17.9. The highest BCUT2D eigenvalue weighted by Gasteiger charge is 2.32. The molecule has 1 N–H and O–H groups in total. The van der Waals surface area contributed by atoms with Gasteiger partial charge in [-0.15, -0.1) is 0 Å². The van der Waals surface area contributed by atoms with Gasteiger partial charge in [0.05, 0.1) is 5.56 Å². The quantitative estimate of drug-likeness (QED) is 0.509. The van der Waals surface area contributed by atoms with Gasteiger partial charge in [0.1, 0.15) is 11.7 Å². The van der Waals surface area contributed by atoms with Crippen LogP contribution in [0.1, 0.15) is 21.5 Å². The van der Waals surface area contributed by atoms with Crippen molar-refractivity contribution in [3.05, 3.63) is 71.0 Å². The van der Waals surface area contributed by atoms with Crippen molar-refractivity contribution in [3.63, 3.8) is 0 Å². The highest BCUT2D eigenvalue weighted by atomic mass is 19.4. The number of carbonyl (C=O) groups excluding carboxylic acids is 1. The second-order valence-electron chi connectivity index (χ2n) is 5.16. The summed E-state index contributed by atoms with van der Waals surface area (Å²) in [5.41, 5.74) is -0.619. The molecular weight excluding hydrogens is 328 g/mol. The molecule has 0 heterocycles. The highest BCUT2D eigenvalue weighted by molar-refractivity contribution is 6.08. The molecule has 0 fully saturated rings. The first-order valence-corrected chi connectivity index (χ1v) is 6.87. The van der Waals surface area contributed by atoms with E-state index < -0.39 is 35.2 Å². The molecule has 2 rings (SSSR count). The van der Waals surface area contributed by atoms with E-state index in [1.165, 1.54) is 12.1 Å². The van der Waals surface area contributed by atoms with Gasteiger partial charge in [-0.2, -0.15) is 13.2 Å². The van der Waals surface area contributed by atoms with Gasteiger partial charge < -0.3 is 5.11 Å². The van der Waals surface area contributed by atoms with Gasteiger partial charge in [0.15, 0.2) is 5.78 Å².